The van der Waals surface area contributed by atoms with E-state index in [1.165, 1.54) is 0 Å². The van der Waals surface area contributed by atoms with E-state index >= 15 is 0 Å². The first-order valence-corrected chi connectivity index (χ1v) is 9.01. The van der Waals surface area contributed by atoms with Gasteiger partial charge in [0.05, 0.1) is 12.6 Å². The Hall–Kier alpha value is -2.86. The molecular formula is C21H21NO5. The van der Waals surface area contributed by atoms with Crippen molar-refractivity contribution in [3.63, 3.8) is 0 Å². The molecule has 2 aromatic rings. The summed E-state index contributed by atoms with van der Waals surface area (Å²) in [6.07, 6.45) is -1.57. The quantitative estimate of drug-likeness (QED) is 0.871. The van der Waals surface area contributed by atoms with Crippen molar-refractivity contribution in [2.45, 2.75) is 25.0 Å². The number of carboxylic acids is 1. The number of ether oxygens (including phenoxy) is 1. The number of hydrogen-bond acceptors (Lipinski definition) is 4. The van der Waals surface area contributed by atoms with E-state index in [9.17, 15) is 19.8 Å². The lowest BCUT2D eigenvalue weighted by atomic mass is 9.98. The third-order valence-corrected chi connectivity index (χ3v) is 5.65. The van der Waals surface area contributed by atoms with Crippen molar-refractivity contribution in [3.05, 3.63) is 59.7 Å². The zero-order chi connectivity index (χ0) is 19.1. The van der Waals surface area contributed by atoms with Crippen LogP contribution in [0.1, 0.15) is 24.0 Å². The fraction of sp³-hybridized carbons (Fsp3) is 0.333. The van der Waals surface area contributed by atoms with Crippen LogP contribution in [0.5, 0.6) is 0 Å². The number of benzene rings is 2. The maximum Gasteiger partial charge on any atom is 0.410 e. The van der Waals surface area contributed by atoms with Gasteiger partial charge >= 0.3 is 12.1 Å². The maximum atomic E-state index is 12.6. The monoisotopic (exact) mass is 367 g/mol. The number of β-amino-alcohol motifs (C(OH)–C–C–N with tert-alkyl or cyclic N) is 1. The van der Waals surface area contributed by atoms with Gasteiger partial charge in [-0.25, -0.2) is 9.59 Å². The molecule has 1 aliphatic carbocycles. The number of fused-ring (bicyclic) bond motifs is 3. The Morgan fingerprint density at radius 2 is 1.63 bits per heavy atom. The fourth-order valence-corrected chi connectivity index (χ4v) is 4.20. The Kier molecular flexibility index (Phi) is 4.36. The average molecular weight is 367 g/mol. The second-order valence-corrected chi connectivity index (χ2v) is 7.17. The Morgan fingerprint density at radius 3 is 2.19 bits per heavy atom. The molecular weight excluding hydrogens is 346 g/mol. The molecule has 6 nitrogen and oxygen atoms in total. The molecule has 0 aromatic heterocycles. The van der Waals surface area contributed by atoms with Crippen molar-refractivity contribution < 1.29 is 24.5 Å². The molecule has 1 fully saturated rings. The molecule has 1 saturated heterocycles. The molecule has 3 atom stereocenters. The first-order chi connectivity index (χ1) is 13.0. The Labute approximate surface area is 157 Å². The second kappa shape index (κ2) is 6.70. The lowest BCUT2D eigenvalue weighted by Gasteiger charge is -2.23. The van der Waals surface area contributed by atoms with E-state index in [1.54, 1.807) is 6.92 Å². The summed E-state index contributed by atoms with van der Waals surface area (Å²) in [4.78, 5) is 25.2. The normalized spacial score (nSPS) is 23.8. The number of hydrogen-bond donors (Lipinski definition) is 2. The van der Waals surface area contributed by atoms with E-state index in [2.05, 4.69) is 12.1 Å². The number of aliphatic hydroxyl groups excluding tert-OH is 1. The predicted octanol–water partition coefficient (Wildman–Crippen LogP) is 2.70. The van der Waals surface area contributed by atoms with E-state index in [1.807, 2.05) is 36.4 Å². The third kappa shape index (κ3) is 2.86. The zero-order valence-electron chi connectivity index (χ0n) is 14.9. The molecule has 27 heavy (non-hydrogen) atoms. The summed E-state index contributed by atoms with van der Waals surface area (Å²) >= 11 is 0. The number of rotatable bonds is 3. The number of carbonyl (C=O) groups excluding carboxylic acids is 1. The molecule has 0 saturated carbocycles. The van der Waals surface area contributed by atoms with E-state index in [-0.39, 0.29) is 19.1 Å². The van der Waals surface area contributed by atoms with Gasteiger partial charge in [0.25, 0.3) is 0 Å². The van der Waals surface area contributed by atoms with Crippen molar-refractivity contribution in [1.29, 1.82) is 0 Å². The lowest BCUT2D eigenvalue weighted by Crippen LogP contribution is -2.43. The van der Waals surface area contributed by atoms with Gasteiger partial charge in [-0.15, -0.1) is 0 Å². The van der Waals surface area contributed by atoms with E-state index < -0.39 is 30.1 Å². The van der Waals surface area contributed by atoms with Crippen molar-refractivity contribution in [3.8, 4) is 11.1 Å². The Balaban J connectivity index is 1.54. The molecule has 2 aliphatic rings. The van der Waals surface area contributed by atoms with Gasteiger partial charge in [0, 0.05) is 11.8 Å². The summed E-state index contributed by atoms with van der Waals surface area (Å²) in [5.74, 6) is -1.76. The summed E-state index contributed by atoms with van der Waals surface area (Å²) in [6.45, 7) is 1.72. The van der Waals surface area contributed by atoms with Crippen LogP contribution in [-0.4, -0.2) is 52.5 Å². The van der Waals surface area contributed by atoms with Crippen LogP contribution in [0.4, 0.5) is 4.79 Å². The molecule has 140 valence electrons. The molecule has 0 spiro atoms. The van der Waals surface area contributed by atoms with Gasteiger partial charge in [0.1, 0.15) is 12.6 Å². The summed E-state index contributed by atoms with van der Waals surface area (Å²) in [7, 11) is 0. The molecule has 1 amide bonds. The summed E-state index contributed by atoms with van der Waals surface area (Å²) in [5, 5.41) is 19.4. The number of carboxylic acid groups (broad SMARTS) is 1. The Morgan fingerprint density at radius 1 is 1.07 bits per heavy atom. The molecule has 2 N–H and O–H groups in total. The highest BCUT2D eigenvalue weighted by Gasteiger charge is 2.46. The number of likely N-dealkylation sites (tertiary alicyclic amines) is 1. The van der Waals surface area contributed by atoms with E-state index in [4.69, 9.17) is 4.74 Å². The van der Waals surface area contributed by atoms with E-state index in [0.29, 0.717) is 0 Å². The topological polar surface area (TPSA) is 87.1 Å². The van der Waals surface area contributed by atoms with Crippen molar-refractivity contribution in [1.82, 2.24) is 4.90 Å². The van der Waals surface area contributed by atoms with Gasteiger partial charge < -0.3 is 14.9 Å². The largest absolute Gasteiger partial charge is 0.480 e. The van der Waals surface area contributed by atoms with Crippen LogP contribution in [0.2, 0.25) is 0 Å². The van der Waals surface area contributed by atoms with Crippen molar-refractivity contribution in [2.24, 2.45) is 5.92 Å². The van der Waals surface area contributed by atoms with Crippen LogP contribution in [0.3, 0.4) is 0 Å². The van der Waals surface area contributed by atoms with Crippen LogP contribution in [0, 0.1) is 5.92 Å². The first-order valence-electron chi connectivity index (χ1n) is 9.01. The second-order valence-electron chi connectivity index (χ2n) is 7.17. The number of nitrogens with zero attached hydrogens (tertiary/aromatic N) is 1. The van der Waals surface area contributed by atoms with Gasteiger partial charge in [-0.05, 0) is 22.3 Å². The van der Waals surface area contributed by atoms with Gasteiger partial charge in [-0.1, -0.05) is 55.5 Å². The van der Waals surface area contributed by atoms with Crippen LogP contribution in [-0.2, 0) is 9.53 Å². The number of amides is 1. The molecule has 0 radical (unpaired) electrons. The van der Waals surface area contributed by atoms with E-state index in [0.717, 1.165) is 27.2 Å². The lowest BCUT2D eigenvalue weighted by molar-refractivity contribution is -0.143. The molecule has 0 bridgehead atoms. The maximum absolute atomic E-state index is 12.6. The fourth-order valence-electron chi connectivity index (χ4n) is 4.20. The van der Waals surface area contributed by atoms with Gasteiger partial charge in [0.15, 0.2) is 0 Å². The Bertz CT molecular complexity index is 850. The van der Waals surface area contributed by atoms with Crippen LogP contribution in [0.15, 0.2) is 48.5 Å². The van der Waals surface area contributed by atoms with Crippen LogP contribution < -0.4 is 0 Å². The molecule has 4 rings (SSSR count). The molecule has 1 aliphatic heterocycles. The predicted molar refractivity (Wildman–Crippen MR) is 98.4 cm³/mol. The zero-order valence-corrected chi connectivity index (χ0v) is 14.9. The number of carbonyl (C=O) groups is 2. The SMILES string of the molecule is C[C@@H]1[C@@H](C(=O)O)N(C(=O)OCC2c3ccccc3-c3ccccc32)C[C@@H]1O. The average Bonchev–Trinajstić information content (AvgIpc) is 3.15. The number of aliphatic hydroxyl groups is 1. The highest BCUT2D eigenvalue weighted by atomic mass is 16.6. The summed E-state index contributed by atoms with van der Waals surface area (Å²) in [5.41, 5.74) is 4.44. The van der Waals surface area contributed by atoms with Gasteiger partial charge in [0.2, 0.25) is 0 Å². The molecule has 6 heteroatoms. The third-order valence-electron chi connectivity index (χ3n) is 5.65. The highest BCUT2D eigenvalue weighted by molar-refractivity contribution is 5.82. The minimum atomic E-state index is -1.13. The minimum Gasteiger partial charge on any atom is -0.480 e. The molecule has 0 unspecified atom stereocenters. The summed E-state index contributed by atoms with van der Waals surface area (Å²) in [6, 6.07) is 14.9. The van der Waals surface area contributed by atoms with Gasteiger partial charge in [-0.3, -0.25) is 4.90 Å². The highest BCUT2D eigenvalue weighted by Crippen LogP contribution is 2.44. The minimum absolute atomic E-state index is 0.0329. The number of aliphatic carboxylic acids is 1. The van der Waals surface area contributed by atoms with Crippen molar-refractivity contribution >= 4 is 12.1 Å². The van der Waals surface area contributed by atoms with Crippen LogP contribution >= 0.6 is 0 Å². The van der Waals surface area contributed by atoms with Gasteiger partial charge in [-0.2, -0.15) is 0 Å². The van der Waals surface area contributed by atoms with Crippen molar-refractivity contribution in [2.75, 3.05) is 13.2 Å². The smallest absolute Gasteiger partial charge is 0.410 e. The summed E-state index contributed by atoms with van der Waals surface area (Å²) < 4.78 is 5.51. The van der Waals surface area contributed by atoms with Crippen LogP contribution in [0.25, 0.3) is 11.1 Å². The molecule has 1 heterocycles. The first kappa shape index (κ1) is 17.5. The molecule has 2 aromatic carbocycles. The standard InChI is InChI=1S/C21H21NO5/c1-12-18(23)10-22(19(12)20(24)25)21(26)27-11-17-15-8-4-2-6-13(15)14-7-3-5-9-16(14)17/h2-9,12,17-19,23H,10-11H2,1H3,(H,24,25)/t12-,18-,19-/m0/s1.